The summed E-state index contributed by atoms with van der Waals surface area (Å²) in [4.78, 5) is 10.5. The predicted molar refractivity (Wildman–Crippen MR) is 50.7 cm³/mol. The quantitative estimate of drug-likeness (QED) is 0.540. The molecule has 1 fully saturated rings. The van der Waals surface area contributed by atoms with Crippen molar-refractivity contribution in [3.05, 3.63) is 35.9 Å². The molecule has 0 unspecified atom stereocenters. The number of esters is 1. The van der Waals surface area contributed by atoms with Crippen LogP contribution in [0.2, 0.25) is 0 Å². The average Bonchev–Trinajstić information content (AvgIpc) is 2.95. The van der Waals surface area contributed by atoms with Crippen molar-refractivity contribution in [1.82, 2.24) is 0 Å². The number of epoxide rings is 1. The highest BCUT2D eigenvalue weighted by Gasteiger charge is 2.40. The number of hydrogen-bond acceptors (Lipinski definition) is 3. The Morgan fingerprint density at radius 3 is 2.79 bits per heavy atom. The maximum atomic E-state index is 10.5. The first kappa shape index (κ1) is 9.21. The Balaban J connectivity index is 1.85. The van der Waals surface area contributed by atoms with E-state index in [0.717, 1.165) is 5.56 Å². The minimum Gasteiger partial charge on any atom is -0.463 e. The second kappa shape index (κ2) is 3.80. The Morgan fingerprint density at radius 1 is 1.43 bits per heavy atom. The Kier molecular flexibility index (Phi) is 2.50. The minimum absolute atomic E-state index is 0.0429. The summed E-state index contributed by atoms with van der Waals surface area (Å²) < 4.78 is 10.2. The fraction of sp³-hybridized carbons (Fsp3) is 0.364. The standard InChI is InChI=1S/C11H12O3/c1-8(12)13-7-10-11(14-10)9-5-3-2-4-6-9/h2-6,10-11H,7H2,1H3/t10-,11+/m0/s1. The van der Waals surface area contributed by atoms with Crippen LogP contribution in [-0.4, -0.2) is 18.7 Å². The Hall–Kier alpha value is -1.35. The van der Waals surface area contributed by atoms with E-state index >= 15 is 0 Å². The summed E-state index contributed by atoms with van der Waals surface area (Å²) in [6.07, 6.45) is 0.150. The van der Waals surface area contributed by atoms with Gasteiger partial charge in [-0.15, -0.1) is 0 Å². The maximum absolute atomic E-state index is 10.5. The Labute approximate surface area is 82.6 Å². The summed E-state index contributed by atoms with van der Waals surface area (Å²) in [6, 6.07) is 9.93. The van der Waals surface area contributed by atoms with Crippen molar-refractivity contribution in [1.29, 1.82) is 0 Å². The molecule has 1 saturated heterocycles. The van der Waals surface area contributed by atoms with Crippen LogP contribution < -0.4 is 0 Å². The van der Waals surface area contributed by atoms with E-state index in [9.17, 15) is 4.79 Å². The van der Waals surface area contributed by atoms with Gasteiger partial charge in [-0.3, -0.25) is 4.79 Å². The highest BCUT2D eigenvalue weighted by atomic mass is 16.6. The molecule has 2 rings (SSSR count). The molecule has 0 aliphatic carbocycles. The van der Waals surface area contributed by atoms with Gasteiger partial charge in [0.25, 0.3) is 0 Å². The maximum Gasteiger partial charge on any atom is 0.302 e. The Morgan fingerprint density at radius 2 is 2.14 bits per heavy atom. The molecule has 74 valence electrons. The fourth-order valence-electron chi connectivity index (χ4n) is 1.41. The molecule has 1 heterocycles. The van der Waals surface area contributed by atoms with Crippen LogP contribution in [0.1, 0.15) is 18.6 Å². The van der Waals surface area contributed by atoms with Gasteiger partial charge in [-0.05, 0) is 5.56 Å². The van der Waals surface area contributed by atoms with Crippen LogP contribution in [0.25, 0.3) is 0 Å². The molecule has 0 N–H and O–H groups in total. The van der Waals surface area contributed by atoms with E-state index in [1.807, 2.05) is 30.3 Å². The van der Waals surface area contributed by atoms with E-state index in [4.69, 9.17) is 9.47 Å². The van der Waals surface area contributed by atoms with Gasteiger partial charge >= 0.3 is 5.97 Å². The van der Waals surface area contributed by atoms with Crippen molar-refractivity contribution < 1.29 is 14.3 Å². The number of ether oxygens (including phenoxy) is 2. The van der Waals surface area contributed by atoms with Gasteiger partial charge in [-0.1, -0.05) is 30.3 Å². The van der Waals surface area contributed by atoms with E-state index in [1.165, 1.54) is 6.92 Å². The van der Waals surface area contributed by atoms with E-state index < -0.39 is 0 Å². The molecule has 1 aliphatic rings. The third-order valence-corrected chi connectivity index (χ3v) is 2.16. The third kappa shape index (κ3) is 2.12. The summed E-state index contributed by atoms with van der Waals surface area (Å²) in [5, 5.41) is 0. The predicted octanol–water partition coefficient (Wildman–Crippen LogP) is 1.69. The lowest BCUT2D eigenvalue weighted by Crippen LogP contribution is -2.06. The monoisotopic (exact) mass is 192 g/mol. The number of carbonyl (C=O) groups is 1. The van der Waals surface area contributed by atoms with Crippen molar-refractivity contribution in [3.8, 4) is 0 Å². The molecule has 3 nitrogen and oxygen atoms in total. The molecule has 0 spiro atoms. The summed E-state index contributed by atoms with van der Waals surface area (Å²) in [7, 11) is 0. The normalized spacial score (nSPS) is 24.4. The van der Waals surface area contributed by atoms with Gasteiger partial charge in [-0.25, -0.2) is 0 Å². The second-order valence-corrected chi connectivity index (χ2v) is 3.31. The highest BCUT2D eigenvalue weighted by molar-refractivity contribution is 5.65. The second-order valence-electron chi connectivity index (χ2n) is 3.31. The van der Waals surface area contributed by atoms with Gasteiger partial charge in [-0.2, -0.15) is 0 Å². The lowest BCUT2D eigenvalue weighted by molar-refractivity contribution is -0.141. The van der Waals surface area contributed by atoms with E-state index in [-0.39, 0.29) is 18.2 Å². The molecule has 1 aromatic rings. The molecule has 0 bridgehead atoms. The zero-order valence-corrected chi connectivity index (χ0v) is 7.97. The molecule has 14 heavy (non-hydrogen) atoms. The first-order valence-corrected chi connectivity index (χ1v) is 4.61. The molecule has 3 heteroatoms. The van der Waals surface area contributed by atoms with E-state index in [1.54, 1.807) is 0 Å². The van der Waals surface area contributed by atoms with E-state index in [2.05, 4.69) is 0 Å². The molecule has 1 aromatic carbocycles. The Bertz CT molecular complexity index is 321. The van der Waals surface area contributed by atoms with Crippen LogP contribution in [0, 0.1) is 0 Å². The zero-order valence-electron chi connectivity index (χ0n) is 7.97. The smallest absolute Gasteiger partial charge is 0.302 e. The first-order chi connectivity index (χ1) is 6.77. The average molecular weight is 192 g/mol. The highest BCUT2D eigenvalue weighted by Crippen LogP contribution is 2.38. The fourth-order valence-corrected chi connectivity index (χ4v) is 1.41. The van der Waals surface area contributed by atoms with Gasteiger partial charge in [0, 0.05) is 6.92 Å². The van der Waals surface area contributed by atoms with Crippen molar-refractivity contribution >= 4 is 5.97 Å². The zero-order chi connectivity index (χ0) is 9.97. The molecule has 0 radical (unpaired) electrons. The van der Waals surface area contributed by atoms with Crippen molar-refractivity contribution in [2.45, 2.75) is 19.1 Å². The topological polar surface area (TPSA) is 38.8 Å². The molecule has 1 aliphatic heterocycles. The van der Waals surface area contributed by atoms with Crippen molar-refractivity contribution in [2.24, 2.45) is 0 Å². The van der Waals surface area contributed by atoms with Crippen LogP contribution in [-0.2, 0) is 14.3 Å². The number of benzene rings is 1. The number of hydrogen-bond donors (Lipinski definition) is 0. The van der Waals surface area contributed by atoms with Gasteiger partial charge < -0.3 is 9.47 Å². The lowest BCUT2D eigenvalue weighted by Gasteiger charge is -1.97. The van der Waals surface area contributed by atoms with Gasteiger partial charge in [0.1, 0.15) is 18.8 Å². The molecule has 0 saturated carbocycles. The van der Waals surface area contributed by atoms with Crippen LogP contribution in [0.15, 0.2) is 30.3 Å². The van der Waals surface area contributed by atoms with Gasteiger partial charge in [0.2, 0.25) is 0 Å². The minimum atomic E-state index is -0.257. The van der Waals surface area contributed by atoms with Crippen LogP contribution >= 0.6 is 0 Å². The summed E-state index contributed by atoms with van der Waals surface area (Å²) in [5.74, 6) is -0.257. The van der Waals surface area contributed by atoms with E-state index in [0.29, 0.717) is 6.61 Å². The molecular weight excluding hydrogens is 180 g/mol. The number of rotatable bonds is 3. The molecule has 2 atom stereocenters. The molecular formula is C11H12O3. The lowest BCUT2D eigenvalue weighted by atomic mass is 10.1. The van der Waals surface area contributed by atoms with Crippen molar-refractivity contribution in [2.75, 3.05) is 6.61 Å². The largest absolute Gasteiger partial charge is 0.463 e. The van der Waals surface area contributed by atoms with Crippen LogP contribution in [0.4, 0.5) is 0 Å². The summed E-state index contributed by atoms with van der Waals surface area (Å²) in [5.41, 5.74) is 1.14. The third-order valence-electron chi connectivity index (χ3n) is 2.16. The first-order valence-electron chi connectivity index (χ1n) is 4.61. The van der Waals surface area contributed by atoms with Crippen LogP contribution in [0.5, 0.6) is 0 Å². The van der Waals surface area contributed by atoms with Gasteiger partial charge in [0.05, 0.1) is 0 Å². The number of carbonyl (C=O) groups excluding carboxylic acids is 1. The summed E-state index contributed by atoms with van der Waals surface area (Å²) >= 11 is 0. The van der Waals surface area contributed by atoms with Crippen molar-refractivity contribution in [3.63, 3.8) is 0 Å². The summed E-state index contributed by atoms with van der Waals surface area (Å²) in [6.45, 7) is 1.76. The SMILES string of the molecule is CC(=O)OC[C@@H]1O[C@@H]1c1ccccc1. The molecule has 0 aromatic heterocycles. The van der Waals surface area contributed by atoms with Gasteiger partial charge in [0.15, 0.2) is 0 Å². The molecule has 0 amide bonds. The van der Waals surface area contributed by atoms with Crippen LogP contribution in [0.3, 0.4) is 0 Å².